The predicted octanol–water partition coefficient (Wildman–Crippen LogP) is 5.47. The second-order valence-corrected chi connectivity index (χ2v) is 7.52. The Morgan fingerprint density at radius 3 is 2.87 bits per heavy atom. The third kappa shape index (κ3) is 4.68. The first kappa shape index (κ1) is 20.1. The Kier molecular flexibility index (Phi) is 5.81. The zero-order valence-corrected chi connectivity index (χ0v) is 17.0. The zero-order valence-electron chi connectivity index (χ0n) is 16.3. The highest BCUT2D eigenvalue weighted by Crippen LogP contribution is 2.34. The number of rotatable bonds is 7. The molecule has 0 radical (unpaired) electrons. The molecular formula is C22H20ClFN4O2. The van der Waals surface area contributed by atoms with Gasteiger partial charge in [-0.05, 0) is 55.5 Å². The van der Waals surface area contributed by atoms with Gasteiger partial charge in [-0.15, -0.1) is 0 Å². The van der Waals surface area contributed by atoms with Gasteiger partial charge < -0.3 is 15.4 Å². The smallest absolute Gasteiger partial charge is 0.248 e. The minimum Gasteiger partial charge on any atom is -0.494 e. The fourth-order valence-electron chi connectivity index (χ4n) is 3.06. The van der Waals surface area contributed by atoms with Crippen molar-refractivity contribution in [3.05, 3.63) is 59.7 Å². The van der Waals surface area contributed by atoms with Crippen molar-refractivity contribution in [2.45, 2.75) is 19.3 Å². The Hall–Kier alpha value is -3.19. The van der Waals surface area contributed by atoms with E-state index in [4.69, 9.17) is 16.3 Å². The first-order valence-electron chi connectivity index (χ1n) is 9.56. The maximum Gasteiger partial charge on any atom is 0.248 e. The standard InChI is InChI=1S/C22H20ClFN4O2/c1-30-20-11-18-15(10-19(20)28-21(29)4-2-3-13-5-6-13)22(26-12-25-18)27-14-7-8-17(24)16(23)9-14/h2,4,7-13H,3,5-6H2,1H3,(H,28,29)(H,25,26,27)/b4-2+. The molecule has 2 aromatic carbocycles. The van der Waals surface area contributed by atoms with E-state index >= 15 is 0 Å². The summed E-state index contributed by atoms with van der Waals surface area (Å²) in [5.41, 5.74) is 1.70. The van der Waals surface area contributed by atoms with Crippen molar-refractivity contribution in [2.75, 3.05) is 17.7 Å². The van der Waals surface area contributed by atoms with Gasteiger partial charge in [0.05, 0.1) is 23.3 Å². The average Bonchev–Trinajstić information content (AvgIpc) is 3.55. The number of nitrogens with zero attached hydrogens (tertiary/aromatic N) is 2. The van der Waals surface area contributed by atoms with Crippen LogP contribution in [0.4, 0.5) is 21.6 Å². The van der Waals surface area contributed by atoms with Crippen molar-refractivity contribution in [1.29, 1.82) is 0 Å². The molecule has 0 aliphatic heterocycles. The molecule has 0 unspecified atom stereocenters. The van der Waals surface area contributed by atoms with Gasteiger partial charge in [0.25, 0.3) is 0 Å². The Balaban J connectivity index is 1.63. The molecule has 1 aromatic heterocycles. The van der Waals surface area contributed by atoms with E-state index in [1.165, 1.54) is 38.4 Å². The molecule has 154 valence electrons. The summed E-state index contributed by atoms with van der Waals surface area (Å²) in [4.78, 5) is 20.9. The third-order valence-corrected chi connectivity index (χ3v) is 5.12. The number of benzene rings is 2. The largest absolute Gasteiger partial charge is 0.494 e. The van der Waals surface area contributed by atoms with Crippen molar-refractivity contribution in [3.8, 4) is 5.75 Å². The Morgan fingerprint density at radius 1 is 1.30 bits per heavy atom. The molecule has 0 atom stereocenters. The maximum atomic E-state index is 13.4. The summed E-state index contributed by atoms with van der Waals surface area (Å²) in [5.74, 6) is 0.963. The van der Waals surface area contributed by atoms with Crippen molar-refractivity contribution >= 4 is 45.6 Å². The van der Waals surface area contributed by atoms with E-state index in [0.717, 1.165) is 12.3 Å². The van der Waals surface area contributed by atoms with Crippen LogP contribution in [0.15, 0.2) is 48.8 Å². The van der Waals surface area contributed by atoms with Gasteiger partial charge in [0, 0.05) is 17.1 Å². The van der Waals surface area contributed by atoms with Gasteiger partial charge in [-0.25, -0.2) is 14.4 Å². The van der Waals surface area contributed by atoms with Crippen molar-refractivity contribution in [3.63, 3.8) is 0 Å². The monoisotopic (exact) mass is 426 g/mol. The fraction of sp³-hybridized carbons (Fsp3) is 0.227. The Morgan fingerprint density at radius 2 is 2.13 bits per heavy atom. The van der Waals surface area contributed by atoms with E-state index in [9.17, 15) is 9.18 Å². The van der Waals surface area contributed by atoms with Crippen molar-refractivity contribution in [2.24, 2.45) is 5.92 Å². The van der Waals surface area contributed by atoms with E-state index in [1.807, 2.05) is 6.08 Å². The van der Waals surface area contributed by atoms with Gasteiger partial charge in [0.1, 0.15) is 23.7 Å². The second kappa shape index (κ2) is 8.67. The molecule has 1 saturated carbocycles. The molecule has 8 heteroatoms. The molecule has 1 heterocycles. The number of allylic oxidation sites excluding steroid dienone is 1. The minimum absolute atomic E-state index is 0.00553. The van der Waals surface area contributed by atoms with Crippen LogP contribution in [0.2, 0.25) is 5.02 Å². The van der Waals surface area contributed by atoms with Crippen LogP contribution in [0.3, 0.4) is 0 Å². The van der Waals surface area contributed by atoms with E-state index in [0.29, 0.717) is 33.8 Å². The summed E-state index contributed by atoms with van der Waals surface area (Å²) < 4.78 is 18.9. The predicted molar refractivity (Wildman–Crippen MR) is 116 cm³/mol. The van der Waals surface area contributed by atoms with Gasteiger partial charge in [0.15, 0.2) is 0 Å². The first-order chi connectivity index (χ1) is 14.5. The number of methoxy groups -OCH3 is 1. The molecule has 1 fully saturated rings. The maximum absolute atomic E-state index is 13.4. The molecule has 2 N–H and O–H groups in total. The number of nitrogens with one attached hydrogen (secondary N) is 2. The number of hydrogen-bond donors (Lipinski definition) is 2. The number of fused-ring (bicyclic) bond motifs is 1. The molecule has 4 rings (SSSR count). The molecule has 1 aliphatic rings. The normalized spacial score (nSPS) is 13.6. The van der Waals surface area contributed by atoms with Gasteiger partial charge >= 0.3 is 0 Å². The number of amides is 1. The van der Waals surface area contributed by atoms with E-state index in [1.54, 1.807) is 24.3 Å². The molecule has 1 aliphatic carbocycles. The third-order valence-electron chi connectivity index (χ3n) is 4.83. The highest BCUT2D eigenvalue weighted by molar-refractivity contribution is 6.31. The van der Waals surface area contributed by atoms with Crippen LogP contribution in [0.1, 0.15) is 19.3 Å². The number of ether oxygens (including phenoxy) is 1. The molecule has 0 spiro atoms. The quantitative estimate of drug-likeness (QED) is 0.490. The molecular weight excluding hydrogens is 407 g/mol. The van der Waals surface area contributed by atoms with E-state index in [-0.39, 0.29) is 10.9 Å². The van der Waals surface area contributed by atoms with Gasteiger partial charge in [-0.1, -0.05) is 17.7 Å². The van der Waals surface area contributed by atoms with Crippen LogP contribution in [0.5, 0.6) is 5.75 Å². The molecule has 6 nitrogen and oxygen atoms in total. The van der Waals surface area contributed by atoms with Gasteiger partial charge in [0.2, 0.25) is 5.91 Å². The summed E-state index contributed by atoms with van der Waals surface area (Å²) in [6.07, 6.45) is 8.25. The summed E-state index contributed by atoms with van der Waals surface area (Å²) in [6.45, 7) is 0. The van der Waals surface area contributed by atoms with E-state index in [2.05, 4.69) is 20.6 Å². The molecule has 3 aromatic rings. The fourth-order valence-corrected chi connectivity index (χ4v) is 3.24. The lowest BCUT2D eigenvalue weighted by Crippen LogP contribution is -2.09. The summed E-state index contributed by atoms with van der Waals surface area (Å²) in [5, 5.41) is 6.64. The van der Waals surface area contributed by atoms with Gasteiger partial charge in [-0.2, -0.15) is 0 Å². The molecule has 1 amide bonds. The number of carbonyl (C=O) groups excluding carboxylic acids is 1. The minimum atomic E-state index is -0.501. The van der Waals surface area contributed by atoms with Crippen LogP contribution in [-0.4, -0.2) is 23.0 Å². The number of aromatic nitrogens is 2. The first-order valence-corrected chi connectivity index (χ1v) is 9.93. The number of carbonyl (C=O) groups is 1. The zero-order chi connectivity index (χ0) is 21.1. The second-order valence-electron chi connectivity index (χ2n) is 7.12. The SMILES string of the molecule is COc1cc2ncnc(Nc3ccc(F)c(Cl)c3)c2cc1NC(=O)/C=C/CC1CC1. The summed E-state index contributed by atoms with van der Waals surface area (Å²) in [7, 11) is 1.53. The van der Waals surface area contributed by atoms with Crippen LogP contribution in [-0.2, 0) is 4.79 Å². The lowest BCUT2D eigenvalue weighted by molar-refractivity contribution is -0.111. The number of hydrogen-bond acceptors (Lipinski definition) is 5. The average molecular weight is 427 g/mol. The topological polar surface area (TPSA) is 76.1 Å². The van der Waals surface area contributed by atoms with Gasteiger partial charge in [-0.3, -0.25) is 4.79 Å². The van der Waals surface area contributed by atoms with Crippen molar-refractivity contribution < 1.29 is 13.9 Å². The highest BCUT2D eigenvalue weighted by Gasteiger charge is 2.19. The van der Waals surface area contributed by atoms with Crippen LogP contribution in [0, 0.1) is 11.7 Å². The Labute approximate surface area is 178 Å². The van der Waals surface area contributed by atoms with Crippen LogP contribution >= 0.6 is 11.6 Å². The number of anilines is 3. The number of halogens is 2. The summed E-state index contributed by atoms with van der Waals surface area (Å²) >= 11 is 5.87. The van der Waals surface area contributed by atoms with Crippen LogP contribution < -0.4 is 15.4 Å². The Bertz CT molecular complexity index is 1130. The molecule has 30 heavy (non-hydrogen) atoms. The lowest BCUT2D eigenvalue weighted by Gasteiger charge is -2.13. The van der Waals surface area contributed by atoms with E-state index < -0.39 is 5.82 Å². The lowest BCUT2D eigenvalue weighted by atomic mass is 10.1. The summed E-state index contributed by atoms with van der Waals surface area (Å²) in [6, 6.07) is 7.78. The molecule has 0 saturated heterocycles. The highest BCUT2D eigenvalue weighted by atomic mass is 35.5. The molecule has 0 bridgehead atoms. The van der Waals surface area contributed by atoms with Crippen LogP contribution in [0.25, 0.3) is 10.9 Å². The van der Waals surface area contributed by atoms with Crippen molar-refractivity contribution in [1.82, 2.24) is 9.97 Å².